The van der Waals surface area contributed by atoms with E-state index in [-0.39, 0.29) is 24.3 Å². The van der Waals surface area contributed by atoms with Crippen LogP contribution in [0.1, 0.15) is 55.2 Å². The van der Waals surface area contributed by atoms with Crippen molar-refractivity contribution in [3.8, 4) is 0 Å². The third kappa shape index (κ3) is 6.95. The van der Waals surface area contributed by atoms with E-state index in [0.29, 0.717) is 21.3 Å². The Morgan fingerprint density at radius 2 is 1.48 bits per heavy atom. The first-order valence-corrected chi connectivity index (χ1v) is 18.6. The Morgan fingerprint density at radius 3 is 2.02 bits per heavy atom. The summed E-state index contributed by atoms with van der Waals surface area (Å²) in [6.07, 6.45) is 9.02. The molecule has 0 saturated heterocycles. The fourth-order valence-corrected chi connectivity index (χ4v) is 9.78. The van der Waals surface area contributed by atoms with Crippen molar-refractivity contribution in [1.82, 2.24) is 10.2 Å². The topological polar surface area (TPSA) is 86.8 Å². The summed E-state index contributed by atoms with van der Waals surface area (Å²) in [5.41, 5.74) is 3.41. The monoisotopic (exact) mass is 681 g/mol. The van der Waals surface area contributed by atoms with Gasteiger partial charge in [0.25, 0.3) is 0 Å². The molecule has 244 valence electrons. The Labute approximate surface area is 282 Å². The number of hydrogen-bond donors (Lipinski definition) is 1. The second kappa shape index (κ2) is 13.2. The molecule has 0 unspecified atom stereocenters. The summed E-state index contributed by atoms with van der Waals surface area (Å²) < 4.78 is 27.6. The van der Waals surface area contributed by atoms with Gasteiger partial charge in [-0.2, -0.15) is 0 Å². The second-order valence-corrected chi connectivity index (χ2v) is 16.3. The fourth-order valence-electron chi connectivity index (χ4n) is 8.61. The highest BCUT2D eigenvalue weighted by atomic mass is 35.5. The van der Waals surface area contributed by atoms with Crippen LogP contribution in [0.5, 0.6) is 0 Å². The smallest absolute Gasteiger partial charge is 0.244 e. The van der Waals surface area contributed by atoms with Gasteiger partial charge in [-0.1, -0.05) is 71.7 Å². The molecule has 3 aromatic carbocycles. The van der Waals surface area contributed by atoms with Gasteiger partial charge in [-0.25, -0.2) is 8.42 Å². The molecule has 0 spiro atoms. The number of rotatable bonds is 11. The summed E-state index contributed by atoms with van der Waals surface area (Å²) >= 11 is 12.5. The maximum absolute atomic E-state index is 14.3. The molecule has 0 heterocycles. The number of anilines is 1. The molecule has 4 aliphatic carbocycles. The van der Waals surface area contributed by atoms with Crippen LogP contribution in [0.4, 0.5) is 5.69 Å². The Bertz CT molecular complexity index is 1660. The Morgan fingerprint density at radius 1 is 0.870 bits per heavy atom. The van der Waals surface area contributed by atoms with E-state index in [0.717, 1.165) is 33.9 Å². The molecule has 4 fully saturated rings. The number of likely N-dealkylation sites (N-methyl/N-ethyl adjacent to an activating group) is 1. The lowest BCUT2D eigenvalue weighted by Gasteiger charge is -2.57. The Balaban J connectivity index is 1.30. The average molecular weight is 683 g/mol. The van der Waals surface area contributed by atoms with Gasteiger partial charge in [-0.15, -0.1) is 0 Å². The molecular weight excluding hydrogens is 641 g/mol. The third-order valence-corrected chi connectivity index (χ3v) is 12.2. The van der Waals surface area contributed by atoms with Gasteiger partial charge in [-0.05, 0) is 103 Å². The van der Waals surface area contributed by atoms with Crippen LogP contribution in [0.15, 0.2) is 72.8 Å². The Hall–Kier alpha value is -3.07. The highest BCUT2D eigenvalue weighted by molar-refractivity contribution is 7.92. The van der Waals surface area contributed by atoms with E-state index in [2.05, 4.69) is 17.4 Å². The summed E-state index contributed by atoms with van der Waals surface area (Å²) in [6.45, 7) is -0.428. The van der Waals surface area contributed by atoms with Crippen molar-refractivity contribution >= 4 is 50.7 Å². The van der Waals surface area contributed by atoms with E-state index >= 15 is 0 Å². The molecule has 4 saturated carbocycles. The minimum absolute atomic E-state index is 0.0310. The number of carbonyl (C=O) groups is 2. The van der Waals surface area contributed by atoms with Crippen LogP contribution in [0, 0.1) is 17.8 Å². The molecule has 7 nitrogen and oxygen atoms in total. The molecule has 1 atom stereocenters. The van der Waals surface area contributed by atoms with Crippen molar-refractivity contribution in [2.75, 3.05) is 24.2 Å². The molecular formula is C36H41Cl2N3O4S. The summed E-state index contributed by atoms with van der Waals surface area (Å²) in [6, 6.07) is 21.4. The average Bonchev–Trinajstić information content (AvgIpc) is 3.02. The van der Waals surface area contributed by atoms with Crippen molar-refractivity contribution in [2.45, 2.75) is 62.9 Å². The molecule has 0 aliphatic heterocycles. The number of hydrogen-bond acceptors (Lipinski definition) is 4. The van der Waals surface area contributed by atoms with Gasteiger partial charge in [-0.3, -0.25) is 13.9 Å². The van der Waals surface area contributed by atoms with E-state index in [1.54, 1.807) is 18.2 Å². The predicted octanol–water partition coefficient (Wildman–Crippen LogP) is 6.61. The number of amides is 2. The molecule has 3 aromatic rings. The summed E-state index contributed by atoms with van der Waals surface area (Å²) in [4.78, 5) is 29.0. The van der Waals surface area contributed by atoms with E-state index in [1.165, 1.54) is 56.0 Å². The maximum Gasteiger partial charge on any atom is 0.244 e. The summed E-state index contributed by atoms with van der Waals surface area (Å²) in [5.74, 6) is 1.51. The van der Waals surface area contributed by atoms with Crippen LogP contribution in [-0.4, -0.2) is 51.0 Å². The number of carbonyl (C=O) groups excluding carboxylic acids is 2. The van der Waals surface area contributed by atoms with Crippen LogP contribution in [0.2, 0.25) is 10.0 Å². The van der Waals surface area contributed by atoms with E-state index in [4.69, 9.17) is 23.2 Å². The molecule has 7 rings (SSSR count). The quantitative estimate of drug-likeness (QED) is 0.247. The van der Waals surface area contributed by atoms with Crippen LogP contribution >= 0.6 is 23.2 Å². The van der Waals surface area contributed by atoms with Crippen molar-refractivity contribution in [2.24, 2.45) is 17.8 Å². The summed E-state index contributed by atoms with van der Waals surface area (Å²) in [5, 5.41) is 3.38. The Kier molecular flexibility index (Phi) is 9.43. The van der Waals surface area contributed by atoms with Gasteiger partial charge in [0.1, 0.15) is 12.6 Å². The zero-order chi connectivity index (χ0) is 32.6. The molecule has 46 heavy (non-hydrogen) atoms. The number of nitrogens with zero attached hydrogens (tertiary/aromatic N) is 2. The first-order valence-electron chi connectivity index (χ1n) is 16.0. The first-order chi connectivity index (χ1) is 21.9. The minimum atomic E-state index is -3.85. The van der Waals surface area contributed by atoms with Crippen LogP contribution in [0.3, 0.4) is 0 Å². The first kappa shape index (κ1) is 32.9. The number of benzene rings is 3. The van der Waals surface area contributed by atoms with Gasteiger partial charge in [0.15, 0.2) is 0 Å². The van der Waals surface area contributed by atoms with Gasteiger partial charge in [0, 0.05) is 20.0 Å². The molecule has 0 aromatic heterocycles. The molecule has 2 amide bonds. The largest absolute Gasteiger partial charge is 0.357 e. The highest BCUT2D eigenvalue weighted by Gasteiger charge is 2.51. The van der Waals surface area contributed by atoms with Gasteiger partial charge >= 0.3 is 0 Å². The van der Waals surface area contributed by atoms with Crippen LogP contribution in [-0.2, 0) is 38.0 Å². The number of sulfonamides is 1. The standard InChI is InChI=1S/C36H41Cl2N3O4S/c1-39-35(43)33(18-24-6-4-3-5-7-24)40(22-25-8-13-31(37)32(38)17-25)34(42)23-41(46(2,44)45)30-11-9-29(10-12-30)36-19-26-14-27(20-36)16-28(15-26)21-36/h3-13,17,26-28,33H,14-16,18-23H2,1-2H3,(H,39,43)/t26?,27?,28?,33-,36?/m1/s1. The van der Waals surface area contributed by atoms with Crippen molar-refractivity contribution < 1.29 is 18.0 Å². The fraction of sp³-hybridized carbons (Fsp3) is 0.444. The predicted molar refractivity (Wildman–Crippen MR) is 183 cm³/mol. The minimum Gasteiger partial charge on any atom is -0.357 e. The van der Waals surface area contributed by atoms with Crippen molar-refractivity contribution in [3.63, 3.8) is 0 Å². The molecule has 10 heteroatoms. The number of halogens is 2. The van der Waals surface area contributed by atoms with E-state index < -0.39 is 28.5 Å². The lowest BCUT2D eigenvalue weighted by molar-refractivity contribution is -0.139. The van der Waals surface area contributed by atoms with Gasteiger partial charge in [0.05, 0.1) is 22.0 Å². The molecule has 4 aliphatic rings. The lowest BCUT2D eigenvalue weighted by atomic mass is 9.48. The van der Waals surface area contributed by atoms with E-state index in [9.17, 15) is 18.0 Å². The zero-order valence-electron chi connectivity index (χ0n) is 26.3. The van der Waals surface area contributed by atoms with Gasteiger partial charge < -0.3 is 10.2 Å². The highest BCUT2D eigenvalue weighted by Crippen LogP contribution is 2.60. The SMILES string of the molecule is CNC(=O)[C@@H](Cc1ccccc1)N(Cc1ccc(Cl)c(Cl)c1)C(=O)CN(c1ccc(C23CC4CC(CC(C4)C2)C3)cc1)S(C)(=O)=O. The lowest BCUT2D eigenvalue weighted by Crippen LogP contribution is -2.52. The zero-order valence-corrected chi connectivity index (χ0v) is 28.6. The van der Waals surface area contributed by atoms with E-state index in [1.807, 2.05) is 42.5 Å². The second-order valence-electron chi connectivity index (χ2n) is 13.6. The molecule has 1 N–H and O–H groups in total. The van der Waals surface area contributed by atoms with Crippen LogP contribution < -0.4 is 9.62 Å². The number of nitrogens with one attached hydrogen (secondary N) is 1. The van der Waals surface area contributed by atoms with Crippen LogP contribution in [0.25, 0.3) is 0 Å². The maximum atomic E-state index is 14.3. The van der Waals surface area contributed by atoms with Crippen molar-refractivity contribution in [3.05, 3.63) is 99.5 Å². The molecule has 4 bridgehead atoms. The van der Waals surface area contributed by atoms with Crippen molar-refractivity contribution in [1.29, 1.82) is 0 Å². The summed E-state index contributed by atoms with van der Waals surface area (Å²) in [7, 11) is -2.33. The normalized spacial score (nSPS) is 24.0. The third-order valence-electron chi connectivity index (χ3n) is 10.3. The van der Waals surface area contributed by atoms with Gasteiger partial charge in [0.2, 0.25) is 21.8 Å². The molecule has 0 radical (unpaired) electrons.